The third kappa shape index (κ3) is 2.71. The smallest absolute Gasteiger partial charge is 0.170 e. The third-order valence-electron chi connectivity index (χ3n) is 4.44. The Morgan fingerprint density at radius 1 is 1.17 bits per heavy atom. The van der Waals surface area contributed by atoms with Crippen molar-refractivity contribution in [1.82, 2.24) is 14.6 Å². The van der Waals surface area contributed by atoms with Crippen molar-refractivity contribution >= 4 is 21.6 Å². The minimum absolute atomic E-state index is 0.498. The van der Waals surface area contributed by atoms with Crippen LogP contribution in [0.4, 0.5) is 0 Å². The Hall–Kier alpha value is -1.62. The van der Waals surface area contributed by atoms with Gasteiger partial charge in [0.25, 0.3) is 0 Å². The van der Waals surface area contributed by atoms with Crippen LogP contribution in [0, 0.1) is 20.8 Å². The second kappa shape index (κ2) is 6.11. The van der Waals surface area contributed by atoms with Crippen LogP contribution in [0.1, 0.15) is 55.1 Å². The number of hydrogen-bond acceptors (Lipinski definition) is 3. The molecule has 4 nitrogen and oxygen atoms in total. The lowest BCUT2D eigenvalue weighted by molar-refractivity contribution is 0.549. The summed E-state index contributed by atoms with van der Waals surface area (Å²) in [4.78, 5) is 4.82. The van der Waals surface area contributed by atoms with Crippen LogP contribution in [0.15, 0.2) is 21.2 Å². The van der Waals surface area contributed by atoms with Crippen molar-refractivity contribution in [2.75, 3.05) is 0 Å². The van der Waals surface area contributed by atoms with E-state index in [1.807, 2.05) is 31.4 Å². The van der Waals surface area contributed by atoms with Crippen LogP contribution < -0.4 is 0 Å². The molecule has 3 aromatic rings. The van der Waals surface area contributed by atoms with E-state index in [1.54, 1.807) is 0 Å². The van der Waals surface area contributed by atoms with Crippen LogP contribution in [-0.4, -0.2) is 14.6 Å². The van der Waals surface area contributed by atoms with Crippen molar-refractivity contribution in [2.45, 2.75) is 53.4 Å². The molecular formula is C18H22BrN3O. The van der Waals surface area contributed by atoms with E-state index >= 15 is 0 Å². The normalized spacial score (nSPS) is 11.8. The summed E-state index contributed by atoms with van der Waals surface area (Å²) in [5, 5.41) is 4.71. The molecule has 0 unspecified atom stereocenters. The number of fused-ring (bicyclic) bond motifs is 1. The second-order valence-corrected chi connectivity index (χ2v) is 6.88. The van der Waals surface area contributed by atoms with E-state index in [9.17, 15) is 0 Å². The first-order valence-corrected chi connectivity index (χ1v) is 8.88. The van der Waals surface area contributed by atoms with Crippen molar-refractivity contribution in [2.24, 2.45) is 0 Å². The maximum atomic E-state index is 5.86. The van der Waals surface area contributed by atoms with E-state index in [0.29, 0.717) is 5.92 Å². The fourth-order valence-corrected chi connectivity index (χ4v) is 3.75. The van der Waals surface area contributed by atoms with Gasteiger partial charge in [0.2, 0.25) is 0 Å². The highest BCUT2D eigenvalue weighted by atomic mass is 79.9. The first kappa shape index (κ1) is 16.2. The molecule has 0 aromatic carbocycles. The van der Waals surface area contributed by atoms with Crippen molar-refractivity contribution in [3.05, 3.63) is 39.3 Å². The Balaban J connectivity index is 2.33. The van der Waals surface area contributed by atoms with Gasteiger partial charge in [-0.3, -0.25) is 0 Å². The Labute approximate surface area is 145 Å². The largest absolute Gasteiger partial charge is 0.447 e. The Morgan fingerprint density at radius 2 is 1.87 bits per heavy atom. The highest BCUT2D eigenvalue weighted by Crippen LogP contribution is 2.34. The number of furan rings is 1. The molecule has 122 valence electrons. The zero-order chi connectivity index (χ0) is 16.7. The summed E-state index contributed by atoms with van der Waals surface area (Å²) in [6.45, 7) is 10.6. The van der Waals surface area contributed by atoms with Crippen LogP contribution in [0.2, 0.25) is 0 Å². The highest BCUT2D eigenvalue weighted by Gasteiger charge is 2.22. The maximum absolute atomic E-state index is 5.86. The van der Waals surface area contributed by atoms with Gasteiger partial charge in [-0.05, 0) is 73.2 Å². The molecule has 23 heavy (non-hydrogen) atoms. The first-order valence-electron chi connectivity index (χ1n) is 8.09. The number of halogens is 1. The van der Waals surface area contributed by atoms with Crippen molar-refractivity contribution in [1.29, 1.82) is 0 Å². The van der Waals surface area contributed by atoms with Gasteiger partial charge in [-0.15, -0.1) is 0 Å². The van der Waals surface area contributed by atoms with E-state index < -0.39 is 0 Å². The van der Waals surface area contributed by atoms with Gasteiger partial charge >= 0.3 is 0 Å². The SMILES string of the molecule is CCC(CC)c1cc(C)nn2c(-c3oc(Br)cc3C)c(C)nc12. The lowest BCUT2D eigenvalue weighted by atomic mass is 9.95. The number of rotatable bonds is 4. The molecule has 0 amide bonds. The number of aryl methyl sites for hydroxylation is 3. The first-order chi connectivity index (χ1) is 11.0. The van der Waals surface area contributed by atoms with Gasteiger partial charge in [-0.25, -0.2) is 9.50 Å². The summed E-state index contributed by atoms with van der Waals surface area (Å²) >= 11 is 3.41. The molecule has 0 fully saturated rings. The van der Waals surface area contributed by atoms with E-state index in [1.165, 1.54) is 5.56 Å². The molecule has 0 atom stereocenters. The van der Waals surface area contributed by atoms with E-state index in [4.69, 9.17) is 14.5 Å². The summed E-state index contributed by atoms with van der Waals surface area (Å²) in [7, 11) is 0. The second-order valence-electron chi connectivity index (χ2n) is 6.10. The molecule has 0 aliphatic heterocycles. The van der Waals surface area contributed by atoms with E-state index in [-0.39, 0.29) is 0 Å². The minimum atomic E-state index is 0.498. The Morgan fingerprint density at radius 3 is 2.43 bits per heavy atom. The van der Waals surface area contributed by atoms with Gasteiger partial charge in [0.1, 0.15) is 5.69 Å². The van der Waals surface area contributed by atoms with Crippen molar-refractivity contribution < 1.29 is 4.42 Å². The molecule has 3 rings (SSSR count). The Kier molecular flexibility index (Phi) is 4.32. The van der Waals surface area contributed by atoms with Crippen LogP contribution in [0.3, 0.4) is 0 Å². The van der Waals surface area contributed by atoms with Gasteiger partial charge in [-0.1, -0.05) is 13.8 Å². The summed E-state index contributed by atoms with van der Waals surface area (Å²) < 4.78 is 8.54. The van der Waals surface area contributed by atoms with Gasteiger partial charge < -0.3 is 4.42 Å². The molecular weight excluding hydrogens is 354 g/mol. The standard InChI is InChI=1S/C18H22BrN3O/c1-6-13(7-2)14-9-11(4)21-22-16(12(5)20-18(14)22)17-10(3)8-15(19)23-17/h8-9,13H,6-7H2,1-5H3. The molecule has 0 bridgehead atoms. The maximum Gasteiger partial charge on any atom is 0.170 e. The molecule has 0 N–H and O–H groups in total. The fourth-order valence-electron chi connectivity index (χ4n) is 3.25. The van der Waals surface area contributed by atoms with Gasteiger partial charge in [-0.2, -0.15) is 5.10 Å². The van der Waals surface area contributed by atoms with Gasteiger partial charge in [0.05, 0.1) is 11.4 Å². The molecule has 0 aliphatic rings. The van der Waals surface area contributed by atoms with Crippen molar-refractivity contribution in [3.8, 4) is 11.5 Å². The molecule has 0 saturated heterocycles. The van der Waals surface area contributed by atoms with Gasteiger partial charge in [0.15, 0.2) is 16.1 Å². The molecule has 3 aromatic heterocycles. The molecule has 0 saturated carbocycles. The number of imidazole rings is 1. The van der Waals surface area contributed by atoms with E-state index in [2.05, 4.69) is 35.8 Å². The lowest BCUT2D eigenvalue weighted by Gasteiger charge is -2.14. The molecule has 5 heteroatoms. The zero-order valence-electron chi connectivity index (χ0n) is 14.3. The zero-order valence-corrected chi connectivity index (χ0v) is 15.9. The number of aromatic nitrogens is 3. The minimum Gasteiger partial charge on any atom is -0.447 e. The number of hydrogen-bond donors (Lipinski definition) is 0. The number of nitrogens with zero attached hydrogens (tertiary/aromatic N) is 3. The summed E-state index contributed by atoms with van der Waals surface area (Å²) in [6.07, 6.45) is 2.20. The summed E-state index contributed by atoms with van der Waals surface area (Å²) in [5.41, 5.74) is 6.19. The molecule has 0 aliphatic carbocycles. The highest BCUT2D eigenvalue weighted by molar-refractivity contribution is 9.10. The average Bonchev–Trinajstić information content (AvgIpc) is 2.98. The fraction of sp³-hybridized carbons (Fsp3) is 0.444. The van der Waals surface area contributed by atoms with Crippen LogP contribution in [-0.2, 0) is 0 Å². The average molecular weight is 376 g/mol. The van der Waals surface area contributed by atoms with Crippen LogP contribution >= 0.6 is 15.9 Å². The van der Waals surface area contributed by atoms with Crippen molar-refractivity contribution in [3.63, 3.8) is 0 Å². The monoisotopic (exact) mass is 375 g/mol. The molecule has 3 heterocycles. The lowest BCUT2D eigenvalue weighted by Crippen LogP contribution is -2.05. The predicted octanol–water partition coefficient (Wildman–Crippen LogP) is 5.58. The molecule has 0 spiro atoms. The van der Waals surface area contributed by atoms with E-state index in [0.717, 1.165) is 51.6 Å². The quantitative estimate of drug-likeness (QED) is 0.597. The molecule has 0 radical (unpaired) electrons. The summed E-state index contributed by atoms with van der Waals surface area (Å²) in [5.74, 6) is 1.33. The summed E-state index contributed by atoms with van der Waals surface area (Å²) in [6, 6.07) is 4.15. The van der Waals surface area contributed by atoms with Crippen LogP contribution in [0.5, 0.6) is 0 Å². The van der Waals surface area contributed by atoms with Crippen LogP contribution in [0.25, 0.3) is 17.1 Å². The topological polar surface area (TPSA) is 43.3 Å². The predicted molar refractivity (Wildman–Crippen MR) is 95.9 cm³/mol. The Bertz CT molecular complexity index is 859. The third-order valence-corrected chi connectivity index (χ3v) is 4.83. The van der Waals surface area contributed by atoms with Gasteiger partial charge in [0, 0.05) is 5.56 Å².